The van der Waals surface area contributed by atoms with Crippen LogP contribution in [-0.4, -0.2) is 15.0 Å². The third kappa shape index (κ3) is 2.98. The molecule has 4 heteroatoms. The van der Waals surface area contributed by atoms with E-state index < -0.39 is 6.85 Å². The molecule has 1 aromatic carbocycles. The fourth-order valence-electron chi connectivity index (χ4n) is 1.91. The Morgan fingerprint density at radius 2 is 1.75 bits per heavy atom. The summed E-state index contributed by atoms with van der Waals surface area (Å²) in [5.41, 5.74) is 2.43. The zero-order chi connectivity index (χ0) is 15.6. The normalized spacial score (nSPS) is 12.7. The summed E-state index contributed by atoms with van der Waals surface area (Å²) >= 11 is 0. The molecule has 0 atom stereocenters. The van der Waals surface area contributed by atoms with Crippen LogP contribution in [0.3, 0.4) is 0 Å². The average Bonchev–Trinajstić information content (AvgIpc) is 2.55. The maximum atomic E-state index is 7.47. The van der Waals surface area contributed by atoms with Crippen molar-refractivity contribution in [2.45, 2.75) is 6.85 Å². The third-order valence-corrected chi connectivity index (χ3v) is 2.76. The summed E-state index contributed by atoms with van der Waals surface area (Å²) in [6, 6.07) is 14.9. The number of rotatable bonds is 2. The fraction of sp³-hybridized carbons (Fsp3) is 0.0625. The van der Waals surface area contributed by atoms with Crippen LogP contribution in [0.5, 0.6) is 0 Å². The van der Waals surface area contributed by atoms with Gasteiger partial charge in [0, 0.05) is 27.8 Å². The fourth-order valence-corrected chi connectivity index (χ4v) is 1.91. The molecule has 3 rings (SSSR count). The number of pyridine rings is 1. The minimum atomic E-state index is -2.26. The molecule has 2 heterocycles. The van der Waals surface area contributed by atoms with E-state index in [1.807, 2.05) is 42.5 Å². The van der Waals surface area contributed by atoms with Crippen molar-refractivity contribution in [3.63, 3.8) is 0 Å². The summed E-state index contributed by atoms with van der Waals surface area (Å²) in [7, 11) is 0. The Morgan fingerprint density at radius 1 is 0.900 bits per heavy atom. The van der Waals surface area contributed by atoms with Crippen molar-refractivity contribution in [1.29, 1.82) is 0 Å². The van der Waals surface area contributed by atoms with Crippen molar-refractivity contribution in [3.05, 3.63) is 66.6 Å². The minimum Gasteiger partial charge on any atom is -0.252 e. The van der Waals surface area contributed by atoms with Crippen LogP contribution in [0.4, 0.5) is 0 Å². The molecular weight excluding hydrogens is 426 g/mol. The van der Waals surface area contributed by atoms with E-state index in [-0.39, 0.29) is 25.8 Å². The maximum Gasteiger partial charge on any atom is 3.00 e. The molecule has 0 saturated carbocycles. The quantitative estimate of drug-likeness (QED) is 0.610. The Hall–Kier alpha value is -1.90. The number of hydrogen-bond donors (Lipinski definition) is 0. The minimum absolute atomic E-state index is 0. The van der Waals surface area contributed by atoms with Crippen LogP contribution in [0.2, 0.25) is 0 Å². The van der Waals surface area contributed by atoms with Gasteiger partial charge in [0.15, 0.2) is 5.82 Å². The Morgan fingerprint density at radius 3 is 2.55 bits per heavy atom. The molecule has 0 aliphatic rings. The van der Waals surface area contributed by atoms with Gasteiger partial charge in [-0.2, -0.15) is 0 Å². The van der Waals surface area contributed by atoms with E-state index in [4.69, 9.17) is 4.11 Å². The van der Waals surface area contributed by atoms with Gasteiger partial charge >= 0.3 is 20.1 Å². The predicted octanol–water partition coefficient (Wildman–Crippen LogP) is 3.51. The van der Waals surface area contributed by atoms with Gasteiger partial charge in [-0.1, -0.05) is 36.4 Å². The molecule has 0 saturated heterocycles. The van der Waals surface area contributed by atoms with Crippen LogP contribution in [-0.2, 0) is 20.1 Å². The van der Waals surface area contributed by atoms with E-state index in [9.17, 15) is 0 Å². The van der Waals surface area contributed by atoms with Gasteiger partial charge in [-0.05, 0) is 24.5 Å². The van der Waals surface area contributed by atoms with Crippen molar-refractivity contribution in [2.75, 3.05) is 0 Å². The number of aryl methyl sites for hydroxylation is 1. The van der Waals surface area contributed by atoms with E-state index in [1.54, 1.807) is 6.20 Å². The second kappa shape index (κ2) is 6.51. The molecular formula is C16H13IrN3+3. The Bertz CT molecular complexity index is 792. The first-order chi connectivity index (χ1) is 10.6. The smallest absolute Gasteiger partial charge is 0.252 e. The van der Waals surface area contributed by atoms with E-state index >= 15 is 0 Å². The molecule has 0 N–H and O–H groups in total. The van der Waals surface area contributed by atoms with Crippen molar-refractivity contribution < 1.29 is 24.2 Å². The van der Waals surface area contributed by atoms with Crippen LogP contribution >= 0.6 is 0 Å². The van der Waals surface area contributed by atoms with E-state index in [1.165, 1.54) is 12.3 Å². The second-order valence-corrected chi connectivity index (χ2v) is 4.03. The van der Waals surface area contributed by atoms with Gasteiger partial charge < -0.3 is 0 Å². The summed E-state index contributed by atoms with van der Waals surface area (Å²) in [5, 5.41) is 0. The van der Waals surface area contributed by atoms with Crippen molar-refractivity contribution >= 4 is 0 Å². The van der Waals surface area contributed by atoms with Crippen molar-refractivity contribution in [2.24, 2.45) is 0 Å². The molecule has 98 valence electrons. The van der Waals surface area contributed by atoms with E-state index in [2.05, 4.69) is 15.0 Å². The van der Waals surface area contributed by atoms with Gasteiger partial charge in [-0.3, -0.25) is 4.98 Å². The summed E-state index contributed by atoms with van der Waals surface area (Å²) in [4.78, 5) is 12.7. The first-order valence-corrected chi connectivity index (χ1v) is 5.90. The monoisotopic (exact) mass is 443 g/mol. The van der Waals surface area contributed by atoms with Gasteiger partial charge in [0.25, 0.3) is 0 Å². The van der Waals surface area contributed by atoms with Crippen LogP contribution in [0.25, 0.3) is 22.6 Å². The summed E-state index contributed by atoms with van der Waals surface area (Å²) < 4.78 is 22.4. The molecule has 0 fully saturated rings. The predicted molar refractivity (Wildman–Crippen MR) is 75.4 cm³/mol. The Kier molecular flexibility index (Phi) is 3.53. The number of aromatic nitrogens is 3. The van der Waals surface area contributed by atoms with Crippen LogP contribution in [0, 0.1) is 6.85 Å². The van der Waals surface area contributed by atoms with Crippen LogP contribution in [0.1, 0.15) is 9.81 Å². The maximum absolute atomic E-state index is 7.47. The average molecular weight is 443 g/mol. The zero-order valence-electron chi connectivity index (χ0n) is 13.4. The molecule has 0 radical (unpaired) electrons. The molecule has 0 amide bonds. The molecule has 20 heavy (non-hydrogen) atoms. The topological polar surface area (TPSA) is 38.7 Å². The van der Waals surface area contributed by atoms with Crippen molar-refractivity contribution in [3.8, 4) is 22.6 Å². The molecule has 0 aliphatic carbocycles. The first kappa shape index (κ1) is 10.8. The summed E-state index contributed by atoms with van der Waals surface area (Å²) in [5.74, 6) is 0.313. The van der Waals surface area contributed by atoms with Gasteiger partial charge in [0.05, 0.1) is 0 Å². The molecule has 0 aliphatic heterocycles. The third-order valence-electron chi connectivity index (χ3n) is 2.76. The molecule has 3 aromatic rings. The molecule has 0 bridgehead atoms. The van der Waals surface area contributed by atoms with E-state index in [0.717, 1.165) is 11.1 Å². The second-order valence-electron chi connectivity index (χ2n) is 4.03. The van der Waals surface area contributed by atoms with Gasteiger partial charge in [0.2, 0.25) is 0 Å². The van der Waals surface area contributed by atoms with E-state index in [0.29, 0.717) is 11.5 Å². The first-order valence-electron chi connectivity index (χ1n) is 7.40. The number of hydrogen-bond acceptors (Lipinski definition) is 3. The standard InChI is InChI=1S/C16H13N3.Ir/c1-12-9-11-18-16(19-12)15-14(8-5-10-17-15)13-6-3-2-4-7-13;/h2-11H,1H3;/q;+3/i1D3;. The van der Waals surface area contributed by atoms with Gasteiger partial charge in [0.1, 0.15) is 5.69 Å². The SMILES string of the molecule is [2H]C([2H])([2H])c1ccnc(-c2ncccc2-c2ccccc2)n1.[Ir+3]. The summed E-state index contributed by atoms with van der Waals surface area (Å²) in [6.45, 7) is -2.26. The largest absolute Gasteiger partial charge is 3.00 e. The summed E-state index contributed by atoms with van der Waals surface area (Å²) in [6.07, 6.45) is 3.10. The van der Waals surface area contributed by atoms with Gasteiger partial charge in [-0.15, -0.1) is 0 Å². The molecule has 0 unspecified atom stereocenters. The Balaban J connectivity index is 0.00000192. The van der Waals surface area contributed by atoms with Crippen LogP contribution in [0.15, 0.2) is 60.9 Å². The van der Waals surface area contributed by atoms with Crippen LogP contribution < -0.4 is 0 Å². The van der Waals surface area contributed by atoms with Gasteiger partial charge in [-0.25, -0.2) is 9.97 Å². The zero-order valence-corrected chi connectivity index (χ0v) is 12.8. The molecule has 3 nitrogen and oxygen atoms in total. The molecule has 2 aromatic heterocycles. The number of nitrogens with zero attached hydrogens (tertiary/aromatic N) is 3. The molecule has 0 spiro atoms. The van der Waals surface area contributed by atoms with Crippen molar-refractivity contribution in [1.82, 2.24) is 15.0 Å². The Labute approximate surface area is 135 Å². The number of benzene rings is 1.